The van der Waals surface area contributed by atoms with Crippen molar-refractivity contribution in [3.8, 4) is 0 Å². The van der Waals surface area contributed by atoms with Gasteiger partial charge in [-0.1, -0.05) is 0 Å². The van der Waals surface area contributed by atoms with Crippen molar-refractivity contribution in [2.45, 2.75) is 37.3 Å². The van der Waals surface area contributed by atoms with Gasteiger partial charge in [0.05, 0.1) is 6.04 Å². The fourth-order valence-electron chi connectivity index (χ4n) is 3.57. The largest absolute Gasteiger partial charge is 0.446 e. The molecule has 1 atom stereocenters. The van der Waals surface area contributed by atoms with Gasteiger partial charge in [-0.2, -0.15) is 4.98 Å². The van der Waals surface area contributed by atoms with Crippen LogP contribution < -0.4 is 15.5 Å². The first-order chi connectivity index (χ1) is 14.3. The number of nitrogens with zero attached hydrogens (tertiary/aromatic N) is 4. The van der Waals surface area contributed by atoms with Gasteiger partial charge < -0.3 is 25.0 Å². The molecule has 3 N–H and O–H groups in total. The maximum Gasteiger partial charge on any atom is 0.413 e. The van der Waals surface area contributed by atoms with Gasteiger partial charge in [0, 0.05) is 51.6 Å². The van der Waals surface area contributed by atoms with E-state index < -0.39 is 24.7 Å². The monoisotopic (exact) mass is 428 g/mol. The quantitative estimate of drug-likeness (QED) is 0.618. The molecule has 0 aliphatic carbocycles. The van der Waals surface area contributed by atoms with E-state index in [1.165, 1.54) is 24.2 Å². The highest BCUT2D eigenvalue weighted by atomic mass is 19.3. The third kappa shape index (κ3) is 5.30. The molecule has 30 heavy (non-hydrogen) atoms. The van der Waals surface area contributed by atoms with Gasteiger partial charge in [-0.25, -0.2) is 18.6 Å². The Bertz CT molecular complexity index is 760. The number of likely N-dealkylation sites (tertiary alicyclic amines) is 1. The van der Waals surface area contributed by atoms with Crippen LogP contribution in [0.25, 0.3) is 0 Å². The van der Waals surface area contributed by atoms with E-state index in [0.717, 1.165) is 0 Å². The summed E-state index contributed by atoms with van der Waals surface area (Å²) in [6, 6.07) is 0.474. The SMILES string of the molecule is CN[C@H]1CN(c2nccc(NC(=O)OC3CCN(C(=O)CO)CC3)n2)CCC1(F)F. The second kappa shape index (κ2) is 9.47. The number of hydrogen-bond acceptors (Lipinski definition) is 8. The zero-order valence-electron chi connectivity index (χ0n) is 16.7. The molecule has 2 aliphatic heterocycles. The van der Waals surface area contributed by atoms with Gasteiger partial charge in [-0.15, -0.1) is 0 Å². The van der Waals surface area contributed by atoms with E-state index in [1.54, 1.807) is 4.90 Å². The lowest BCUT2D eigenvalue weighted by molar-refractivity contribution is -0.136. The van der Waals surface area contributed by atoms with Crippen LogP contribution in [0.4, 0.5) is 25.3 Å². The number of aliphatic hydroxyl groups excluding tert-OH is 1. The average molecular weight is 428 g/mol. The minimum atomic E-state index is -2.80. The molecule has 1 aromatic rings. The van der Waals surface area contributed by atoms with Crippen molar-refractivity contribution in [2.24, 2.45) is 0 Å². The van der Waals surface area contributed by atoms with Crippen LogP contribution in [0.3, 0.4) is 0 Å². The molecule has 0 saturated carbocycles. The van der Waals surface area contributed by atoms with Gasteiger partial charge in [0.1, 0.15) is 18.5 Å². The summed E-state index contributed by atoms with van der Waals surface area (Å²) in [5, 5.41) is 14.0. The van der Waals surface area contributed by atoms with Crippen LogP contribution in [-0.4, -0.2) is 89.9 Å². The summed E-state index contributed by atoms with van der Waals surface area (Å²) in [5.74, 6) is -2.69. The van der Waals surface area contributed by atoms with Gasteiger partial charge in [0.2, 0.25) is 11.9 Å². The lowest BCUT2D eigenvalue weighted by Crippen LogP contribution is -2.56. The zero-order valence-corrected chi connectivity index (χ0v) is 16.7. The Morgan fingerprint density at radius 2 is 2.07 bits per heavy atom. The molecule has 0 radical (unpaired) electrons. The lowest BCUT2D eigenvalue weighted by atomic mass is 10.0. The highest BCUT2D eigenvalue weighted by molar-refractivity contribution is 5.83. The van der Waals surface area contributed by atoms with Crippen molar-refractivity contribution in [3.05, 3.63) is 12.3 Å². The first-order valence-corrected chi connectivity index (χ1v) is 9.81. The zero-order chi connectivity index (χ0) is 21.7. The number of carbonyl (C=O) groups excluding carboxylic acids is 2. The van der Waals surface area contributed by atoms with Crippen molar-refractivity contribution >= 4 is 23.8 Å². The van der Waals surface area contributed by atoms with E-state index >= 15 is 0 Å². The number of nitrogens with one attached hydrogen (secondary N) is 2. The van der Waals surface area contributed by atoms with E-state index in [9.17, 15) is 18.4 Å². The Balaban J connectivity index is 1.53. The number of carbonyl (C=O) groups is 2. The minimum Gasteiger partial charge on any atom is -0.446 e. The summed E-state index contributed by atoms with van der Waals surface area (Å²) in [4.78, 5) is 35.2. The van der Waals surface area contributed by atoms with Crippen LogP contribution in [0, 0.1) is 0 Å². The number of hydrogen-bond donors (Lipinski definition) is 3. The summed E-state index contributed by atoms with van der Waals surface area (Å²) >= 11 is 0. The van der Waals surface area contributed by atoms with E-state index in [1.807, 2.05) is 0 Å². The molecule has 2 amide bonds. The molecule has 10 nitrogen and oxygen atoms in total. The summed E-state index contributed by atoms with van der Waals surface area (Å²) in [6.45, 7) is 0.418. The highest BCUT2D eigenvalue weighted by Gasteiger charge is 2.43. The standard InChI is InChI=1S/C18H26F2N6O4/c1-21-13-10-26(9-5-18(13,19)20)16-22-6-2-14(23-16)24-17(29)30-12-3-7-25(8-4-12)15(28)11-27/h2,6,12-13,21,27H,3-5,7-11H2,1H3,(H,22,23,24,29)/t13-/m0/s1. The summed E-state index contributed by atoms with van der Waals surface area (Å²) < 4.78 is 33.1. The number of alkyl halides is 2. The summed E-state index contributed by atoms with van der Waals surface area (Å²) in [7, 11) is 1.49. The Hall–Kier alpha value is -2.60. The van der Waals surface area contributed by atoms with Crippen molar-refractivity contribution in [1.29, 1.82) is 0 Å². The molecular formula is C18H26F2N6O4. The van der Waals surface area contributed by atoms with E-state index in [2.05, 4.69) is 20.6 Å². The molecule has 0 bridgehead atoms. The topological polar surface area (TPSA) is 120 Å². The van der Waals surface area contributed by atoms with Gasteiger partial charge in [-0.05, 0) is 13.1 Å². The molecule has 1 aromatic heterocycles. The van der Waals surface area contributed by atoms with Crippen LogP contribution in [-0.2, 0) is 9.53 Å². The predicted octanol–water partition coefficient (Wildman–Crippen LogP) is 0.442. The number of likely N-dealkylation sites (N-methyl/N-ethyl adjacent to an activating group) is 1. The van der Waals surface area contributed by atoms with Crippen LogP contribution >= 0.6 is 0 Å². The molecule has 0 unspecified atom stereocenters. The normalized spacial score (nSPS) is 21.9. The maximum atomic E-state index is 13.9. The fraction of sp³-hybridized carbons (Fsp3) is 0.667. The minimum absolute atomic E-state index is 0.0442. The average Bonchev–Trinajstić information content (AvgIpc) is 2.73. The smallest absolute Gasteiger partial charge is 0.413 e. The second-order valence-corrected chi connectivity index (χ2v) is 7.31. The number of piperidine rings is 2. The number of halogens is 2. The van der Waals surface area contributed by atoms with Crippen LogP contribution in [0.15, 0.2) is 12.3 Å². The Kier molecular flexibility index (Phi) is 6.98. The van der Waals surface area contributed by atoms with Crippen LogP contribution in [0.2, 0.25) is 0 Å². The molecule has 2 aliphatic rings. The number of aromatic nitrogens is 2. The number of rotatable bonds is 5. The summed E-state index contributed by atoms with van der Waals surface area (Å²) in [6.07, 6.45) is 1.03. The Morgan fingerprint density at radius 3 is 2.73 bits per heavy atom. The van der Waals surface area contributed by atoms with Gasteiger partial charge in [0.15, 0.2) is 0 Å². The first kappa shape index (κ1) is 22.1. The molecule has 0 spiro atoms. The van der Waals surface area contributed by atoms with Crippen molar-refractivity contribution in [3.63, 3.8) is 0 Å². The molecule has 2 fully saturated rings. The van der Waals surface area contributed by atoms with Gasteiger partial charge in [0.25, 0.3) is 5.92 Å². The Morgan fingerprint density at radius 1 is 1.33 bits per heavy atom. The molecule has 166 valence electrons. The van der Waals surface area contributed by atoms with Crippen molar-refractivity contribution < 1.29 is 28.2 Å². The maximum absolute atomic E-state index is 13.9. The van der Waals surface area contributed by atoms with Crippen molar-refractivity contribution in [2.75, 3.05) is 50.1 Å². The van der Waals surface area contributed by atoms with Gasteiger partial charge in [-0.3, -0.25) is 10.1 Å². The number of aliphatic hydroxyl groups is 1. The molecular weight excluding hydrogens is 402 g/mol. The molecule has 3 rings (SSSR count). The Labute approximate surface area is 172 Å². The van der Waals surface area contributed by atoms with Gasteiger partial charge >= 0.3 is 6.09 Å². The molecule has 12 heteroatoms. The molecule has 2 saturated heterocycles. The van der Waals surface area contributed by atoms with E-state index in [4.69, 9.17) is 9.84 Å². The lowest BCUT2D eigenvalue weighted by Gasteiger charge is -2.38. The predicted molar refractivity (Wildman–Crippen MR) is 103 cm³/mol. The van der Waals surface area contributed by atoms with E-state index in [0.29, 0.717) is 25.9 Å². The fourth-order valence-corrected chi connectivity index (χ4v) is 3.57. The first-order valence-electron chi connectivity index (χ1n) is 9.81. The van der Waals surface area contributed by atoms with Crippen LogP contribution in [0.5, 0.6) is 0 Å². The van der Waals surface area contributed by atoms with Crippen LogP contribution in [0.1, 0.15) is 19.3 Å². The summed E-state index contributed by atoms with van der Waals surface area (Å²) in [5.41, 5.74) is 0. The number of anilines is 2. The number of amides is 2. The van der Waals surface area contributed by atoms with Crippen molar-refractivity contribution in [1.82, 2.24) is 20.2 Å². The third-order valence-corrected chi connectivity index (χ3v) is 5.34. The highest BCUT2D eigenvalue weighted by Crippen LogP contribution is 2.30. The molecule has 0 aromatic carbocycles. The number of ether oxygens (including phenoxy) is 1. The molecule has 3 heterocycles. The third-order valence-electron chi connectivity index (χ3n) is 5.34. The second-order valence-electron chi connectivity index (χ2n) is 7.31. The van der Waals surface area contributed by atoms with E-state index in [-0.39, 0.29) is 43.3 Å².